The third kappa shape index (κ3) is 4.36. The van der Waals surface area contributed by atoms with E-state index in [9.17, 15) is 9.90 Å². The zero-order valence-corrected chi connectivity index (χ0v) is 20.1. The Kier molecular flexibility index (Phi) is 6.77. The van der Waals surface area contributed by atoms with Crippen LogP contribution in [0.2, 0.25) is 0 Å². The first-order valence-electron chi connectivity index (χ1n) is 10.1. The highest BCUT2D eigenvalue weighted by Gasteiger charge is 2.25. The quantitative estimate of drug-likeness (QED) is 0.224. The van der Waals surface area contributed by atoms with Crippen LogP contribution in [0.4, 0.5) is 0 Å². The number of esters is 1. The number of halogens is 1. The van der Waals surface area contributed by atoms with Gasteiger partial charge in [-0.1, -0.05) is 18.2 Å². The summed E-state index contributed by atoms with van der Waals surface area (Å²) < 4.78 is 13.3. The number of aromatic nitrogens is 1. The Labute approximate surface area is 199 Å². The number of fused-ring (bicyclic) bond motifs is 1. The number of hydrogen-bond acceptors (Lipinski definition) is 5. The van der Waals surface area contributed by atoms with E-state index in [2.05, 4.69) is 15.9 Å². The molecular formula is C25H22BrNO4S. The van der Waals surface area contributed by atoms with E-state index in [1.165, 1.54) is 0 Å². The first-order chi connectivity index (χ1) is 15.5. The Hall–Kier alpha value is -2.90. The van der Waals surface area contributed by atoms with Crippen molar-refractivity contribution in [1.29, 1.82) is 0 Å². The number of benzene rings is 3. The Morgan fingerprint density at radius 2 is 1.81 bits per heavy atom. The van der Waals surface area contributed by atoms with Crippen molar-refractivity contribution in [2.24, 2.45) is 0 Å². The van der Waals surface area contributed by atoms with Crippen molar-refractivity contribution in [3.05, 3.63) is 82.5 Å². The summed E-state index contributed by atoms with van der Waals surface area (Å²) in [5.41, 5.74) is 2.94. The van der Waals surface area contributed by atoms with Gasteiger partial charge in [-0.2, -0.15) is 0 Å². The molecule has 0 aliphatic carbocycles. The molecule has 0 amide bonds. The van der Waals surface area contributed by atoms with Gasteiger partial charge < -0.3 is 19.1 Å². The monoisotopic (exact) mass is 511 g/mol. The second-order valence-electron chi connectivity index (χ2n) is 7.00. The number of phenols is 1. The van der Waals surface area contributed by atoms with Crippen LogP contribution < -0.4 is 4.74 Å². The minimum atomic E-state index is -0.407. The maximum atomic E-state index is 13.1. The Balaban J connectivity index is 1.96. The zero-order chi connectivity index (χ0) is 22.7. The maximum absolute atomic E-state index is 13.1. The number of aromatic hydroxyl groups is 1. The lowest BCUT2D eigenvalue weighted by Gasteiger charge is -2.13. The highest BCUT2D eigenvalue weighted by atomic mass is 79.9. The molecule has 0 aliphatic heterocycles. The highest BCUT2D eigenvalue weighted by molar-refractivity contribution is 9.10. The molecule has 7 heteroatoms. The summed E-state index contributed by atoms with van der Waals surface area (Å²) in [6.45, 7) is 2.05. The van der Waals surface area contributed by atoms with E-state index in [0.717, 1.165) is 27.5 Å². The number of rotatable bonds is 7. The van der Waals surface area contributed by atoms with Gasteiger partial charge in [-0.3, -0.25) is 0 Å². The summed E-state index contributed by atoms with van der Waals surface area (Å²) in [7, 11) is 1.63. The number of nitrogens with zero attached hydrogens (tertiary/aromatic N) is 1. The minimum Gasteiger partial charge on any atom is -0.507 e. The van der Waals surface area contributed by atoms with E-state index in [1.54, 1.807) is 31.9 Å². The van der Waals surface area contributed by atoms with Crippen LogP contribution in [-0.4, -0.2) is 29.4 Å². The van der Waals surface area contributed by atoms with E-state index in [1.807, 2.05) is 65.2 Å². The third-order valence-electron chi connectivity index (χ3n) is 5.06. The summed E-state index contributed by atoms with van der Waals surface area (Å²) in [5, 5.41) is 11.0. The molecule has 4 rings (SSSR count). The van der Waals surface area contributed by atoms with Crippen LogP contribution in [0, 0.1) is 0 Å². The maximum Gasteiger partial charge on any atom is 0.340 e. The summed E-state index contributed by atoms with van der Waals surface area (Å²) in [6.07, 6.45) is 0. The molecule has 0 unspecified atom stereocenters. The molecule has 1 aromatic heterocycles. The van der Waals surface area contributed by atoms with Gasteiger partial charge in [0.15, 0.2) is 0 Å². The molecule has 32 heavy (non-hydrogen) atoms. The van der Waals surface area contributed by atoms with E-state index in [-0.39, 0.29) is 12.4 Å². The molecule has 0 bridgehead atoms. The van der Waals surface area contributed by atoms with Crippen molar-refractivity contribution in [1.82, 2.24) is 4.57 Å². The van der Waals surface area contributed by atoms with Gasteiger partial charge in [0.25, 0.3) is 0 Å². The molecule has 0 saturated carbocycles. The minimum absolute atomic E-state index is 0.0668. The zero-order valence-electron chi connectivity index (χ0n) is 17.7. The normalized spacial score (nSPS) is 11.0. The van der Waals surface area contributed by atoms with E-state index in [4.69, 9.17) is 9.47 Å². The van der Waals surface area contributed by atoms with Crippen molar-refractivity contribution in [2.75, 3.05) is 13.7 Å². The van der Waals surface area contributed by atoms with Crippen LogP contribution in [0.1, 0.15) is 23.0 Å². The van der Waals surface area contributed by atoms with Crippen LogP contribution in [0.3, 0.4) is 0 Å². The van der Waals surface area contributed by atoms with Crippen molar-refractivity contribution in [3.63, 3.8) is 0 Å². The Morgan fingerprint density at radius 1 is 1.09 bits per heavy atom. The van der Waals surface area contributed by atoms with Crippen LogP contribution in [0.15, 0.2) is 76.1 Å². The fourth-order valence-electron chi connectivity index (χ4n) is 3.61. The van der Waals surface area contributed by atoms with Crippen molar-refractivity contribution in [2.45, 2.75) is 17.6 Å². The number of ether oxygens (including phenoxy) is 2. The molecule has 0 saturated heterocycles. The predicted molar refractivity (Wildman–Crippen MR) is 131 cm³/mol. The first kappa shape index (κ1) is 22.3. The molecule has 5 nitrogen and oxygen atoms in total. The van der Waals surface area contributed by atoms with Gasteiger partial charge in [0.05, 0.1) is 29.3 Å². The van der Waals surface area contributed by atoms with Crippen LogP contribution >= 0.6 is 27.7 Å². The van der Waals surface area contributed by atoms with Gasteiger partial charge in [-0.15, -0.1) is 11.8 Å². The van der Waals surface area contributed by atoms with Crippen LogP contribution in [0.25, 0.3) is 16.6 Å². The molecule has 1 N–H and O–H groups in total. The number of phenolic OH excluding ortho intramolecular Hbond substituents is 1. The average molecular weight is 512 g/mol. The summed E-state index contributed by atoms with van der Waals surface area (Å²) in [6, 6.07) is 21.1. The molecule has 0 radical (unpaired) electrons. The summed E-state index contributed by atoms with van der Waals surface area (Å²) in [4.78, 5) is 14.2. The molecule has 0 spiro atoms. The summed E-state index contributed by atoms with van der Waals surface area (Å²) in [5.74, 6) is 0.944. The van der Waals surface area contributed by atoms with Gasteiger partial charge in [0.1, 0.15) is 11.5 Å². The standard InChI is InChI=1S/C25H22BrNO4S/c1-3-31-25(29)24-19-13-23(28)20(26)14-21(19)27(16-9-11-17(30-2)12-10-16)22(24)15-32-18-7-5-4-6-8-18/h4-14,28H,3,15H2,1-2H3. The number of thioether (sulfide) groups is 1. The Bertz CT molecular complexity index is 1250. The molecule has 4 aromatic rings. The molecule has 164 valence electrons. The average Bonchev–Trinajstić information content (AvgIpc) is 3.11. The molecule has 3 aromatic carbocycles. The smallest absolute Gasteiger partial charge is 0.340 e. The molecular weight excluding hydrogens is 490 g/mol. The van der Waals surface area contributed by atoms with Gasteiger partial charge in [-0.25, -0.2) is 4.79 Å². The third-order valence-corrected chi connectivity index (χ3v) is 6.72. The van der Waals surface area contributed by atoms with Crippen LogP contribution in [0.5, 0.6) is 11.5 Å². The number of carbonyl (C=O) groups excluding carboxylic acids is 1. The van der Waals surface area contributed by atoms with Crippen LogP contribution in [-0.2, 0) is 10.5 Å². The number of carbonyl (C=O) groups is 1. The topological polar surface area (TPSA) is 60.7 Å². The summed E-state index contributed by atoms with van der Waals surface area (Å²) >= 11 is 5.05. The second kappa shape index (κ2) is 9.71. The lowest BCUT2D eigenvalue weighted by Crippen LogP contribution is -2.09. The number of hydrogen-bond donors (Lipinski definition) is 1. The van der Waals surface area contributed by atoms with Crippen molar-refractivity contribution < 1.29 is 19.4 Å². The fourth-order valence-corrected chi connectivity index (χ4v) is 4.87. The van der Waals surface area contributed by atoms with E-state index >= 15 is 0 Å². The molecule has 0 fully saturated rings. The SMILES string of the molecule is CCOC(=O)c1c(CSc2ccccc2)n(-c2ccc(OC)cc2)c2cc(Br)c(O)cc12. The first-order valence-corrected chi connectivity index (χ1v) is 11.9. The second-order valence-corrected chi connectivity index (χ2v) is 8.90. The molecule has 0 aliphatic rings. The molecule has 0 atom stereocenters. The van der Waals surface area contributed by atoms with Crippen molar-refractivity contribution >= 4 is 44.6 Å². The largest absolute Gasteiger partial charge is 0.507 e. The Morgan fingerprint density at radius 3 is 2.47 bits per heavy atom. The molecule has 1 heterocycles. The van der Waals surface area contributed by atoms with Crippen molar-refractivity contribution in [3.8, 4) is 17.2 Å². The van der Waals surface area contributed by atoms with E-state index < -0.39 is 5.97 Å². The predicted octanol–water partition coefficient (Wildman–Crippen LogP) is 6.58. The van der Waals surface area contributed by atoms with Gasteiger partial charge in [0, 0.05) is 27.4 Å². The van der Waals surface area contributed by atoms with Gasteiger partial charge >= 0.3 is 5.97 Å². The lowest BCUT2D eigenvalue weighted by atomic mass is 10.1. The lowest BCUT2D eigenvalue weighted by molar-refractivity contribution is 0.0527. The van der Waals surface area contributed by atoms with Gasteiger partial charge in [-0.05, 0) is 71.4 Å². The number of methoxy groups -OCH3 is 1. The fraction of sp³-hybridized carbons (Fsp3) is 0.160. The highest BCUT2D eigenvalue weighted by Crippen LogP contribution is 2.39. The van der Waals surface area contributed by atoms with Gasteiger partial charge in [0.2, 0.25) is 0 Å². The van der Waals surface area contributed by atoms with E-state index in [0.29, 0.717) is 21.2 Å².